The average molecular weight is 246 g/mol. The summed E-state index contributed by atoms with van der Waals surface area (Å²) >= 11 is 6.02. The molecule has 0 spiro atoms. The van der Waals surface area contributed by atoms with E-state index < -0.39 is 0 Å². The van der Waals surface area contributed by atoms with Crippen LogP contribution in [0.1, 0.15) is 38.5 Å². The second kappa shape index (κ2) is 5.37. The molecule has 0 aromatic heterocycles. The highest BCUT2D eigenvalue weighted by Crippen LogP contribution is 2.28. The van der Waals surface area contributed by atoms with Crippen LogP contribution in [0.5, 0.6) is 0 Å². The molecule has 0 unspecified atom stereocenters. The SMILES string of the molecule is O=C(NC1(CCl)CCOCC1)C1CCCC1. The lowest BCUT2D eigenvalue weighted by Crippen LogP contribution is -2.54. The van der Waals surface area contributed by atoms with Gasteiger partial charge in [-0.05, 0) is 25.7 Å². The summed E-state index contributed by atoms with van der Waals surface area (Å²) in [5, 5.41) is 3.17. The van der Waals surface area contributed by atoms with Gasteiger partial charge in [-0.15, -0.1) is 11.6 Å². The summed E-state index contributed by atoms with van der Waals surface area (Å²) in [7, 11) is 0. The first-order chi connectivity index (χ1) is 7.76. The Morgan fingerprint density at radius 1 is 1.31 bits per heavy atom. The first-order valence-electron chi connectivity index (χ1n) is 6.21. The number of rotatable bonds is 3. The molecule has 16 heavy (non-hydrogen) atoms. The number of hydrogen-bond donors (Lipinski definition) is 1. The van der Waals surface area contributed by atoms with Crippen molar-refractivity contribution in [1.29, 1.82) is 0 Å². The molecule has 0 bridgehead atoms. The lowest BCUT2D eigenvalue weighted by molar-refractivity contribution is -0.127. The smallest absolute Gasteiger partial charge is 0.223 e. The maximum absolute atomic E-state index is 12.1. The highest BCUT2D eigenvalue weighted by Gasteiger charge is 2.35. The van der Waals surface area contributed by atoms with Crippen LogP contribution in [0.25, 0.3) is 0 Å². The molecule has 2 aliphatic rings. The van der Waals surface area contributed by atoms with E-state index in [1.807, 2.05) is 0 Å². The van der Waals surface area contributed by atoms with Gasteiger partial charge in [-0.3, -0.25) is 4.79 Å². The van der Waals surface area contributed by atoms with Gasteiger partial charge in [0.2, 0.25) is 5.91 Å². The summed E-state index contributed by atoms with van der Waals surface area (Å²) in [5.41, 5.74) is -0.209. The van der Waals surface area contributed by atoms with Crippen molar-refractivity contribution in [2.45, 2.75) is 44.1 Å². The molecular weight excluding hydrogens is 226 g/mol. The highest BCUT2D eigenvalue weighted by molar-refractivity contribution is 6.18. The van der Waals surface area contributed by atoms with Crippen LogP contribution in [-0.4, -0.2) is 30.5 Å². The molecule has 1 N–H and O–H groups in total. The number of carbonyl (C=O) groups is 1. The number of ether oxygens (including phenoxy) is 1. The van der Waals surface area contributed by atoms with Crippen LogP contribution in [0, 0.1) is 5.92 Å². The van der Waals surface area contributed by atoms with Crippen molar-refractivity contribution in [1.82, 2.24) is 5.32 Å². The Bertz CT molecular complexity index is 245. The molecule has 0 aromatic rings. The molecule has 0 radical (unpaired) electrons. The number of halogens is 1. The number of carbonyl (C=O) groups excluding carboxylic acids is 1. The quantitative estimate of drug-likeness (QED) is 0.774. The molecule has 0 atom stereocenters. The minimum Gasteiger partial charge on any atom is -0.381 e. The average Bonchev–Trinajstić information content (AvgIpc) is 2.84. The molecule has 1 saturated heterocycles. The van der Waals surface area contributed by atoms with Gasteiger partial charge in [0.05, 0.1) is 5.54 Å². The molecule has 1 aliphatic carbocycles. The predicted molar refractivity (Wildman–Crippen MR) is 63.6 cm³/mol. The van der Waals surface area contributed by atoms with Gasteiger partial charge >= 0.3 is 0 Å². The summed E-state index contributed by atoms with van der Waals surface area (Å²) in [6, 6.07) is 0. The second-order valence-electron chi connectivity index (χ2n) is 5.00. The molecule has 3 nitrogen and oxygen atoms in total. The lowest BCUT2D eigenvalue weighted by atomic mass is 9.91. The minimum absolute atomic E-state index is 0.208. The monoisotopic (exact) mass is 245 g/mol. The van der Waals surface area contributed by atoms with E-state index in [1.54, 1.807) is 0 Å². The van der Waals surface area contributed by atoms with Gasteiger partial charge in [-0.25, -0.2) is 0 Å². The third kappa shape index (κ3) is 2.69. The summed E-state index contributed by atoms with van der Waals surface area (Å²) in [6.07, 6.45) is 6.15. The van der Waals surface area contributed by atoms with E-state index in [0.29, 0.717) is 19.1 Å². The van der Waals surface area contributed by atoms with Crippen LogP contribution in [-0.2, 0) is 9.53 Å². The number of amides is 1. The standard InChI is InChI=1S/C12H20ClNO2/c13-9-12(5-7-16-8-6-12)14-11(15)10-3-1-2-4-10/h10H,1-9H2,(H,14,15). The van der Waals surface area contributed by atoms with Crippen molar-refractivity contribution >= 4 is 17.5 Å². The van der Waals surface area contributed by atoms with Crippen molar-refractivity contribution in [3.05, 3.63) is 0 Å². The van der Waals surface area contributed by atoms with Crippen LogP contribution in [0.15, 0.2) is 0 Å². The highest BCUT2D eigenvalue weighted by atomic mass is 35.5. The van der Waals surface area contributed by atoms with Gasteiger partial charge in [0, 0.05) is 25.0 Å². The van der Waals surface area contributed by atoms with Crippen molar-refractivity contribution < 1.29 is 9.53 Å². The Balaban J connectivity index is 1.91. The third-order valence-electron chi connectivity index (χ3n) is 3.82. The number of alkyl halides is 1. The van der Waals surface area contributed by atoms with Crippen LogP contribution in [0.4, 0.5) is 0 Å². The van der Waals surface area contributed by atoms with Crippen molar-refractivity contribution in [2.75, 3.05) is 19.1 Å². The molecule has 4 heteroatoms. The van der Waals surface area contributed by atoms with E-state index in [1.165, 1.54) is 12.8 Å². The second-order valence-corrected chi connectivity index (χ2v) is 5.26. The molecule has 2 fully saturated rings. The van der Waals surface area contributed by atoms with Crippen molar-refractivity contribution in [2.24, 2.45) is 5.92 Å². The fourth-order valence-corrected chi connectivity index (χ4v) is 2.94. The Morgan fingerprint density at radius 2 is 1.94 bits per heavy atom. The Kier molecular flexibility index (Phi) is 4.09. The molecule has 92 valence electrons. The summed E-state index contributed by atoms with van der Waals surface area (Å²) in [6.45, 7) is 1.41. The van der Waals surface area contributed by atoms with Crippen LogP contribution in [0.2, 0.25) is 0 Å². The largest absolute Gasteiger partial charge is 0.381 e. The maximum Gasteiger partial charge on any atom is 0.223 e. The molecular formula is C12H20ClNO2. The summed E-state index contributed by atoms with van der Waals surface area (Å²) < 4.78 is 5.32. The van der Waals surface area contributed by atoms with E-state index in [2.05, 4.69) is 5.32 Å². The molecule has 1 saturated carbocycles. The molecule has 2 rings (SSSR count). The lowest BCUT2D eigenvalue weighted by Gasteiger charge is -2.37. The Morgan fingerprint density at radius 3 is 2.50 bits per heavy atom. The summed E-state index contributed by atoms with van der Waals surface area (Å²) in [4.78, 5) is 12.1. The first kappa shape index (κ1) is 12.2. The maximum atomic E-state index is 12.1. The van der Waals surface area contributed by atoms with Gasteiger partial charge in [0.25, 0.3) is 0 Å². The topological polar surface area (TPSA) is 38.3 Å². The van der Waals surface area contributed by atoms with Crippen molar-refractivity contribution in [3.63, 3.8) is 0 Å². The molecule has 1 heterocycles. The van der Waals surface area contributed by atoms with E-state index in [4.69, 9.17) is 16.3 Å². The molecule has 1 amide bonds. The third-order valence-corrected chi connectivity index (χ3v) is 4.33. The minimum atomic E-state index is -0.209. The zero-order chi connectivity index (χ0) is 11.4. The van der Waals surface area contributed by atoms with E-state index in [9.17, 15) is 4.79 Å². The van der Waals surface area contributed by atoms with Crippen LogP contribution < -0.4 is 5.32 Å². The van der Waals surface area contributed by atoms with Gasteiger partial charge in [-0.1, -0.05) is 12.8 Å². The molecule has 1 aliphatic heterocycles. The van der Waals surface area contributed by atoms with Gasteiger partial charge in [-0.2, -0.15) is 0 Å². The zero-order valence-electron chi connectivity index (χ0n) is 9.64. The normalized spacial score (nSPS) is 25.6. The van der Waals surface area contributed by atoms with E-state index in [-0.39, 0.29) is 17.4 Å². The first-order valence-corrected chi connectivity index (χ1v) is 6.75. The van der Waals surface area contributed by atoms with Crippen LogP contribution in [0.3, 0.4) is 0 Å². The Hall–Kier alpha value is -0.280. The Labute approximate surface area is 102 Å². The van der Waals surface area contributed by atoms with Crippen molar-refractivity contribution in [3.8, 4) is 0 Å². The van der Waals surface area contributed by atoms with E-state index >= 15 is 0 Å². The predicted octanol–water partition coefficient (Wildman–Crippen LogP) is 2.08. The van der Waals surface area contributed by atoms with Crippen LogP contribution >= 0.6 is 11.6 Å². The zero-order valence-corrected chi connectivity index (χ0v) is 10.4. The summed E-state index contributed by atoms with van der Waals surface area (Å²) in [5.74, 6) is 0.928. The van der Waals surface area contributed by atoms with E-state index in [0.717, 1.165) is 25.7 Å². The van der Waals surface area contributed by atoms with Gasteiger partial charge in [0.15, 0.2) is 0 Å². The van der Waals surface area contributed by atoms with Gasteiger partial charge in [0.1, 0.15) is 0 Å². The van der Waals surface area contributed by atoms with Gasteiger partial charge < -0.3 is 10.1 Å². The fraction of sp³-hybridized carbons (Fsp3) is 0.917. The number of hydrogen-bond acceptors (Lipinski definition) is 2. The molecule has 0 aromatic carbocycles. The fourth-order valence-electron chi connectivity index (χ4n) is 2.61. The number of nitrogens with one attached hydrogen (secondary N) is 1.